The Hall–Kier alpha value is -0.610. The van der Waals surface area contributed by atoms with Crippen LogP contribution in [-0.4, -0.2) is 9.75 Å². The lowest BCUT2D eigenvalue weighted by Crippen LogP contribution is -2.11. The largest absolute Gasteiger partial charge is 0.270 e. The maximum absolute atomic E-state index is 10.6. The van der Waals surface area contributed by atoms with Crippen LogP contribution >= 0.6 is 27.5 Å². The maximum Gasteiger partial charge on any atom is 0.270 e. The molecule has 1 atom stereocenters. The summed E-state index contributed by atoms with van der Waals surface area (Å²) in [7, 11) is 0. The van der Waals surface area contributed by atoms with Gasteiger partial charge in [0, 0.05) is 17.0 Å². The molecule has 0 aliphatic heterocycles. The predicted molar refractivity (Wildman–Crippen MR) is 81.1 cm³/mol. The summed E-state index contributed by atoms with van der Waals surface area (Å²) >= 11 is 9.87. The van der Waals surface area contributed by atoms with Crippen LogP contribution in [0.25, 0.3) is 0 Å². The molecule has 1 saturated carbocycles. The summed E-state index contributed by atoms with van der Waals surface area (Å²) in [6.45, 7) is 0. The number of rotatable bonds is 5. The number of halogens is 2. The van der Waals surface area contributed by atoms with Crippen molar-refractivity contribution >= 4 is 33.2 Å². The van der Waals surface area contributed by atoms with Crippen molar-refractivity contribution in [3.8, 4) is 0 Å². The minimum absolute atomic E-state index is 0.0555. The fourth-order valence-electron chi connectivity index (χ4n) is 2.70. The molecule has 0 bridgehead atoms. The number of aryl methyl sites for hydroxylation is 1. The van der Waals surface area contributed by atoms with Crippen LogP contribution in [0.4, 0.5) is 5.69 Å². The first-order valence-corrected chi connectivity index (χ1v) is 7.94. The van der Waals surface area contributed by atoms with Gasteiger partial charge in [0.05, 0.1) is 9.95 Å². The van der Waals surface area contributed by atoms with Crippen molar-refractivity contribution < 1.29 is 4.92 Å². The van der Waals surface area contributed by atoms with Crippen molar-refractivity contribution in [3.05, 3.63) is 38.9 Å². The topological polar surface area (TPSA) is 43.1 Å². The highest BCUT2D eigenvalue weighted by molar-refractivity contribution is 9.09. The predicted octanol–water partition coefficient (Wildman–Crippen LogP) is 5.13. The number of hydrogen-bond donors (Lipinski definition) is 0. The zero-order chi connectivity index (χ0) is 13.8. The Morgan fingerprint density at radius 2 is 2.11 bits per heavy atom. The first kappa shape index (κ1) is 14.8. The molecular formula is C14H17BrClNO2. The standard InChI is InChI=1S/C14H17BrClNO2/c15-13(10-3-1-2-4-10)8-6-11-5-7-12(17(18)19)9-14(11)16/h5,7,9-10,13H,1-4,6,8H2. The molecule has 1 aliphatic carbocycles. The van der Waals surface area contributed by atoms with Gasteiger partial charge in [-0.3, -0.25) is 10.1 Å². The number of non-ortho nitro benzene ring substituents is 1. The monoisotopic (exact) mass is 345 g/mol. The number of nitro benzene ring substituents is 1. The zero-order valence-electron chi connectivity index (χ0n) is 10.6. The van der Waals surface area contributed by atoms with Gasteiger partial charge in [-0.05, 0) is 37.2 Å². The van der Waals surface area contributed by atoms with Gasteiger partial charge in [-0.15, -0.1) is 0 Å². The molecule has 1 unspecified atom stereocenters. The van der Waals surface area contributed by atoms with Gasteiger partial charge < -0.3 is 0 Å². The van der Waals surface area contributed by atoms with Crippen LogP contribution in [0.2, 0.25) is 5.02 Å². The fourth-order valence-corrected chi connectivity index (χ4v) is 3.73. The lowest BCUT2D eigenvalue weighted by Gasteiger charge is -2.17. The molecule has 0 saturated heterocycles. The van der Waals surface area contributed by atoms with E-state index in [1.807, 2.05) is 0 Å². The van der Waals surface area contributed by atoms with E-state index in [9.17, 15) is 10.1 Å². The quantitative estimate of drug-likeness (QED) is 0.421. The minimum atomic E-state index is -0.415. The summed E-state index contributed by atoms with van der Waals surface area (Å²) in [5.74, 6) is 0.775. The molecular weight excluding hydrogens is 330 g/mol. The molecule has 0 amide bonds. The van der Waals surface area contributed by atoms with Crippen molar-refractivity contribution in [1.29, 1.82) is 0 Å². The average molecular weight is 347 g/mol. The van der Waals surface area contributed by atoms with Crippen molar-refractivity contribution in [1.82, 2.24) is 0 Å². The van der Waals surface area contributed by atoms with Gasteiger partial charge in [0.2, 0.25) is 0 Å². The summed E-state index contributed by atoms with van der Waals surface area (Å²) in [5, 5.41) is 11.1. The van der Waals surface area contributed by atoms with Crippen LogP contribution in [-0.2, 0) is 6.42 Å². The van der Waals surface area contributed by atoms with Crippen LogP contribution < -0.4 is 0 Å². The highest BCUT2D eigenvalue weighted by Gasteiger charge is 2.22. The summed E-state index contributed by atoms with van der Waals surface area (Å²) in [4.78, 5) is 10.8. The highest BCUT2D eigenvalue weighted by atomic mass is 79.9. The molecule has 2 rings (SSSR count). The van der Waals surface area contributed by atoms with E-state index in [0.717, 1.165) is 24.3 Å². The van der Waals surface area contributed by atoms with Crippen LogP contribution in [0.15, 0.2) is 18.2 Å². The van der Waals surface area contributed by atoms with Crippen molar-refractivity contribution in [2.75, 3.05) is 0 Å². The Morgan fingerprint density at radius 3 is 2.68 bits per heavy atom. The van der Waals surface area contributed by atoms with E-state index in [2.05, 4.69) is 15.9 Å². The molecule has 0 spiro atoms. The van der Waals surface area contributed by atoms with Gasteiger partial charge >= 0.3 is 0 Å². The van der Waals surface area contributed by atoms with E-state index in [1.165, 1.54) is 37.8 Å². The van der Waals surface area contributed by atoms with Crippen molar-refractivity contribution in [3.63, 3.8) is 0 Å². The van der Waals surface area contributed by atoms with Gasteiger partial charge in [0.25, 0.3) is 5.69 Å². The van der Waals surface area contributed by atoms with Gasteiger partial charge in [0.15, 0.2) is 0 Å². The molecule has 19 heavy (non-hydrogen) atoms. The lowest BCUT2D eigenvalue weighted by atomic mass is 9.98. The summed E-state index contributed by atoms with van der Waals surface area (Å²) in [6, 6.07) is 4.74. The van der Waals surface area contributed by atoms with Crippen LogP contribution in [0, 0.1) is 16.0 Å². The van der Waals surface area contributed by atoms with Gasteiger partial charge in [-0.1, -0.05) is 46.4 Å². The summed E-state index contributed by atoms with van der Waals surface area (Å²) in [6.07, 6.45) is 7.19. The second-order valence-electron chi connectivity index (χ2n) is 5.13. The third-order valence-electron chi connectivity index (χ3n) is 3.85. The number of nitro groups is 1. The molecule has 1 aromatic rings. The minimum Gasteiger partial charge on any atom is -0.258 e. The Balaban J connectivity index is 1.93. The van der Waals surface area contributed by atoms with E-state index in [-0.39, 0.29) is 5.69 Å². The Kier molecular flexibility index (Phi) is 5.22. The molecule has 3 nitrogen and oxygen atoms in total. The number of hydrogen-bond acceptors (Lipinski definition) is 2. The van der Waals surface area contributed by atoms with Crippen LogP contribution in [0.5, 0.6) is 0 Å². The van der Waals surface area contributed by atoms with E-state index in [4.69, 9.17) is 11.6 Å². The van der Waals surface area contributed by atoms with Crippen molar-refractivity contribution in [2.45, 2.75) is 43.4 Å². The average Bonchev–Trinajstić information content (AvgIpc) is 2.90. The van der Waals surface area contributed by atoms with E-state index >= 15 is 0 Å². The molecule has 0 radical (unpaired) electrons. The molecule has 104 valence electrons. The van der Waals surface area contributed by atoms with Gasteiger partial charge in [0.1, 0.15) is 0 Å². The maximum atomic E-state index is 10.6. The first-order valence-electron chi connectivity index (χ1n) is 6.65. The number of benzene rings is 1. The number of alkyl halides is 1. The second kappa shape index (κ2) is 6.71. The van der Waals surface area contributed by atoms with E-state index in [1.54, 1.807) is 6.07 Å². The van der Waals surface area contributed by atoms with Crippen LogP contribution in [0.3, 0.4) is 0 Å². The summed E-state index contributed by atoms with van der Waals surface area (Å²) in [5.41, 5.74) is 1.05. The number of nitrogens with zero attached hydrogens (tertiary/aromatic N) is 1. The Labute approximate surface area is 126 Å². The Morgan fingerprint density at radius 1 is 1.42 bits per heavy atom. The zero-order valence-corrected chi connectivity index (χ0v) is 13.0. The fraction of sp³-hybridized carbons (Fsp3) is 0.571. The van der Waals surface area contributed by atoms with Gasteiger partial charge in [-0.2, -0.15) is 0 Å². The molecule has 5 heteroatoms. The SMILES string of the molecule is O=[N+]([O-])c1ccc(CCC(Br)C2CCCC2)c(Cl)c1. The Bertz CT molecular complexity index is 461. The van der Waals surface area contributed by atoms with E-state index in [0.29, 0.717) is 9.85 Å². The summed E-state index contributed by atoms with van der Waals surface area (Å²) < 4.78 is 0. The van der Waals surface area contributed by atoms with Crippen molar-refractivity contribution in [2.24, 2.45) is 5.92 Å². The molecule has 0 aromatic heterocycles. The van der Waals surface area contributed by atoms with E-state index < -0.39 is 4.92 Å². The molecule has 1 aliphatic rings. The molecule has 1 aromatic carbocycles. The van der Waals surface area contributed by atoms with Gasteiger partial charge in [-0.25, -0.2) is 0 Å². The third-order valence-corrected chi connectivity index (χ3v) is 5.41. The molecule has 0 N–H and O–H groups in total. The second-order valence-corrected chi connectivity index (χ2v) is 6.72. The normalized spacial score (nSPS) is 17.6. The van der Waals surface area contributed by atoms with Crippen LogP contribution in [0.1, 0.15) is 37.7 Å². The molecule has 0 heterocycles. The highest BCUT2D eigenvalue weighted by Crippen LogP contribution is 2.34. The first-order chi connectivity index (χ1) is 9.08. The third kappa shape index (κ3) is 3.93. The molecule has 1 fully saturated rings. The smallest absolute Gasteiger partial charge is 0.258 e. The lowest BCUT2D eigenvalue weighted by molar-refractivity contribution is -0.384.